The van der Waals surface area contributed by atoms with Gasteiger partial charge in [-0.15, -0.1) is 0 Å². The Bertz CT molecular complexity index is 89.4. The normalized spacial score (nSPS) is 10.2. The van der Waals surface area contributed by atoms with Crippen LogP contribution in [-0.4, -0.2) is 12.6 Å². The molecule has 0 aliphatic heterocycles. The van der Waals surface area contributed by atoms with Crippen LogP contribution in [0.2, 0.25) is 0 Å². The Hall–Kier alpha value is 0.310. The first-order valence-electron chi connectivity index (χ1n) is 5.50. The summed E-state index contributed by atoms with van der Waals surface area (Å²) in [4.78, 5) is 0. The molecule has 0 aliphatic carbocycles. The van der Waals surface area contributed by atoms with E-state index in [2.05, 4.69) is 26.1 Å². The highest BCUT2D eigenvalue weighted by molar-refractivity contribution is 7.59. The van der Waals surface area contributed by atoms with Crippen molar-refractivity contribution in [3.8, 4) is 0 Å². The van der Waals surface area contributed by atoms with E-state index >= 15 is 0 Å². The van der Waals surface area contributed by atoms with E-state index in [1.165, 1.54) is 45.1 Å². The van der Waals surface area contributed by atoms with Crippen molar-refractivity contribution in [3.63, 3.8) is 0 Å². The third kappa shape index (κ3) is 15.1. The lowest BCUT2D eigenvalue weighted by Crippen LogP contribution is -2.23. The van der Waals surface area contributed by atoms with Gasteiger partial charge in [0.15, 0.2) is 0 Å². The van der Waals surface area contributed by atoms with Crippen molar-refractivity contribution in [2.45, 2.75) is 65.3 Å². The van der Waals surface area contributed by atoms with Crippen molar-refractivity contribution in [1.82, 2.24) is 5.32 Å². The Kier molecular flexibility index (Phi) is 14.9. The first-order valence-corrected chi connectivity index (χ1v) is 5.50. The lowest BCUT2D eigenvalue weighted by Gasteiger charge is -2.06. The molecule has 0 saturated carbocycles. The van der Waals surface area contributed by atoms with E-state index in [1.54, 1.807) is 0 Å². The average molecular weight is 207 g/mol. The Balaban J connectivity index is -0.000000605. The van der Waals surface area contributed by atoms with Crippen molar-refractivity contribution in [3.05, 3.63) is 0 Å². The molecule has 0 radical (unpaired) electrons. The fourth-order valence-corrected chi connectivity index (χ4v) is 1.30. The van der Waals surface area contributed by atoms with Crippen LogP contribution in [0, 0.1) is 0 Å². The fraction of sp³-hybridized carbons (Fsp3) is 1.00. The van der Waals surface area contributed by atoms with Gasteiger partial charge in [-0.2, -0.15) is 13.5 Å². The van der Waals surface area contributed by atoms with Gasteiger partial charge in [0, 0.05) is 7.47 Å². The summed E-state index contributed by atoms with van der Waals surface area (Å²) >= 11 is 0. The zero-order valence-corrected chi connectivity index (χ0v) is 10.5. The van der Waals surface area contributed by atoms with E-state index in [-0.39, 0.29) is 14.9 Å². The second-order valence-electron chi connectivity index (χ2n) is 3.88. The first-order chi connectivity index (χ1) is 5.77. The molecular weight excluding hydrogens is 178 g/mol. The molecule has 1 nitrogen and oxygen atoms in total. The Labute approximate surface area is 92.6 Å². The highest BCUT2D eigenvalue weighted by atomic mass is 32.1. The summed E-state index contributed by atoms with van der Waals surface area (Å²) in [6, 6.07) is 0.653. The fourth-order valence-electron chi connectivity index (χ4n) is 1.30. The second kappa shape index (κ2) is 12.3. The van der Waals surface area contributed by atoms with Crippen LogP contribution in [0.5, 0.6) is 0 Å². The number of hydrogen-bond acceptors (Lipinski definition) is 1. The maximum Gasteiger partial charge on any atom is 0.00103 e. The summed E-state index contributed by atoms with van der Waals surface area (Å²) in [5, 5.41) is 3.44. The van der Waals surface area contributed by atoms with Crippen LogP contribution in [0.4, 0.5) is 0 Å². The number of rotatable bonds is 8. The molecule has 0 aromatic carbocycles. The number of hydrogen-bond donors (Lipinski definition) is 1. The molecule has 0 heterocycles. The maximum absolute atomic E-state index is 3.44. The van der Waals surface area contributed by atoms with E-state index in [4.69, 9.17) is 0 Å². The predicted octanol–water partition coefficient (Wildman–Crippen LogP) is 3.70. The minimum Gasteiger partial charge on any atom is -0.315 e. The molecule has 0 fully saturated rings. The quantitative estimate of drug-likeness (QED) is 0.598. The van der Waals surface area contributed by atoms with Gasteiger partial charge in [0.25, 0.3) is 0 Å². The van der Waals surface area contributed by atoms with E-state index in [0.717, 1.165) is 0 Å². The highest BCUT2D eigenvalue weighted by Crippen LogP contribution is 2.03. The molecule has 0 rings (SSSR count). The lowest BCUT2D eigenvalue weighted by molar-refractivity contribution is 0.535. The summed E-state index contributed by atoms with van der Waals surface area (Å²) in [6.07, 6.45) is 8.37. The van der Waals surface area contributed by atoms with Gasteiger partial charge in [-0.1, -0.05) is 52.9 Å². The second-order valence-corrected chi connectivity index (χ2v) is 3.88. The third-order valence-corrected chi connectivity index (χ3v) is 2.08. The van der Waals surface area contributed by atoms with Gasteiger partial charge < -0.3 is 5.32 Å². The summed E-state index contributed by atoms with van der Waals surface area (Å²) < 4.78 is 0. The van der Waals surface area contributed by atoms with Crippen LogP contribution in [0.3, 0.4) is 0 Å². The molecule has 13 heavy (non-hydrogen) atoms. The van der Waals surface area contributed by atoms with Crippen molar-refractivity contribution in [2.24, 2.45) is 0 Å². The third-order valence-electron chi connectivity index (χ3n) is 2.08. The van der Waals surface area contributed by atoms with Crippen molar-refractivity contribution >= 4 is 13.5 Å². The standard InChI is InChI=1S/C11H25N.H2S.H2/c1-4-5-6-7-8-9-10-12-11(2)3;;/h11-12H,4-10H2,1-3H3;1H2;1H. The summed E-state index contributed by atoms with van der Waals surface area (Å²) in [6.45, 7) is 7.87. The predicted molar refractivity (Wildman–Crippen MR) is 69.0 cm³/mol. The Morgan fingerprint density at radius 3 is 2.08 bits per heavy atom. The zero-order valence-electron chi connectivity index (χ0n) is 9.53. The lowest BCUT2D eigenvalue weighted by atomic mass is 10.1. The summed E-state index contributed by atoms with van der Waals surface area (Å²) in [5.41, 5.74) is 0. The van der Waals surface area contributed by atoms with Gasteiger partial charge in [-0.3, -0.25) is 0 Å². The van der Waals surface area contributed by atoms with Gasteiger partial charge in [0.05, 0.1) is 0 Å². The van der Waals surface area contributed by atoms with Gasteiger partial charge in [-0.05, 0) is 13.0 Å². The molecular formula is C11H29NS. The van der Waals surface area contributed by atoms with Gasteiger partial charge in [0.1, 0.15) is 0 Å². The van der Waals surface area contributed by atoms with Crippen molar-refractivity contribution in [1.29, 1.82) is 0 Å². The molecule has 0 aromatic heterocycles. The molecule has 0 aliphatic rings. The minimum atomic E-state index is 0. The largest absolute Gasteiger partial charge is 0.315 e. The highest BCUT2D eigenvalue weighted by Gasteiger charge is 1.92. The molecule has 0 amide bonds. The SMILES string of the molecule is CCCCCCCCNC(C)C.S.[HH]. The number of unbranched alkanes of at least 4 members (excludes halogenated alkanes) is 5. The Morgan fingerprint density at radius 1 is 1.00 bits per heavy atom. The summed E-state index contributed by atoms with van der Waals surface area (Å²) in [7, 11) is 0. The molecule has 0 spiro atoms. The molecule has 0 saturated heterocycles. The molecule has 0 aromatic rings. The monoisotopic (exact) mass is 207 g/mol. The van der Waals surface area contributed by atoms with Crippen molar-refractivity contribution in [2.75, 3.05) is 6.54 Å². The van der Waals surface area contributed by atoms with Gasteiger partial charge in [-0.25, -0.2) is 0 Å². The van der Waals surface area contributed by atoms with Crippen LogP contribution in [0.15, 0.2) is 0 Å². The molecule has 1 N–H and O–H groups in total. The average Bonchev–Trinajstić information content (AvgIpc) is 2.02. The Morgan fingerprint density at radius 2 is 1.54 bits per heavy atom. The van der Waals surface area contributed by atoms with Gasteiger partial charge >= 0.3 is 0 Å². The van der Waals surface area contributed by atoms with Crippen molar-refractivity contribution < 1.29 is 1.43 Å². The van der Waals surface area contributed by atoms with E-state index in [9.17, 15) is 0 Å². The van der Waals surface area contributed by atoms with Gasteiger partial charge in [0.2, 0.25) is 0 Å². The molecule has 2 heteroatoms. The maximum atomic E-state index is 3.44. The topological polar surface area (TPSA) is 12.0 Å². The summed E-state index contributed by atoms with van der Waals surface area (Å²) in [5.74, 6) is 0. The van der Waals surface area contributed by atoms with E-state index < -0.39 is 0 Å². The van der Waals surface area contributed by atoms with Crippen LogP contribution in [0.1, 0.15) is 60.7 Å². The minimum absolute atomic E-state index is 0. The van der Waals surface area contributed by atoms with Crippen LogP contribution < -0.4 is 5.32 Å². The smallest absolute Gasteiger partial charge is 0.00103 e. The van der Waals surface area contributed by atoms with E-state index in [1.807, 2.05) is 0 Å². The zero-order chi connectivity index (χ0) is 9.23. The van der Waals surface area contributed by atoms with E-state index in [0.29, 0.717) is 6.04 Å². The molecule has 0 bridgehead atoms. The van der Waals surface area contributed by atoms with Crippen LogP contribution in [-0.2, 0) is 0 Å². The molecule has 0 atom stereocenters. The molecule has 84 valence electrons. The molecule has 0 unspecified atom stereocenters. The first kappa shape index (κ1) is 15.8. The van der Waals surface area contributed by atoms with Crippen LogP contribution >= 0.6 is 13.5 Å². The number of nitrogens with one attached hydrogen (secondary N) is 1. The van der Waals surface area contributed by atoms with Crippen LogP contribution in [0.25, 0.3) is 0 Å².